The zero-order valence-electron chi connectivity index (χ0n) is 16.8. The number of hydrogen-bond acceptors (Lipinski definition) is 5. The second kappa shape index (κ2) is 8.28. The van der Waals surface area contributed by atoms with Gasteiger partial charge in [-0.2, -0.15) is 0 Å². The van der Waals surface area contributed by atoms with Gasteiger partial charge in [-0.1, -0.05) is 41.9 Å². The van der Waals surface area contributed by atoms with Gasteiger partial charge in [0, 0.05) is 16.1 Å². The van der Waals surface area contributed by atoms with Crippen LogP contribution in [0.3, 0.4) is 0 Å². The van der Waals surface area contributed by atoms with E-state index >= 15 is 0 Å². The number of imide groups is 1. The van der Waals surface area contributed by atoms with Gasteiger partial charge in [-0.05, 0) is 48.9 Å². The number of hydrogen-bond donors (Lipinski definition) is 1. The number of carbonyl (C=O) groups is 4. The fourth-order valence-corrected chi connectivity index (χ4v) is 3.80. The van der Waals surface area contributed by atoms with Crippen molar-refractivity contribution in [3.63, 3.8) is 0 Å². The molecule has 4 rings (SSSR count). The van der Waals surface area contributed by atoms with E-state index in [1.807, 2.05) is 30.3 Å². The van der Waals surface area contributed by atoms with Crippen LogP contribution in [-0.4, -0.2) is 28.6 Å². The Morgan fingerprint density at radius 3 is 2.31 bits per heavy atom. The largest absolute Gasteiger partial charge is 0.545 e. The van der Waals surface area contributed by atoms with Gasteiger partial charge in [0.05, 0.1) is 28.8 Å². The van der Waals surface area contributed by atoms with Gasteiger partial charge >= 0.3 is 0 Å². The van der Waals surface area contributed by atoms with E-state index in [1.165, 1.54) is 36.4 Å². The maximum Gasteiger partial charge on any atom is 0.262 e. The molecule has 1 aliphatic heterocycles. The number of anilines is 1. The van der Waals surface area contributed by atoms with Crippen molar-refractivity contribution in [2.45, 2.75) is 13.0 Å². The summed E-state index contributed by atoms with van der Waals surface area (Å²) < 4.78 is 0. The highest BCUT2D eigenvalue weighted by Crippen LogP contribution is 2.32. The van der Waals surface area contributed by atoms with E-state index in [0.717, 1.165) is 10.5 Å². The Morgan fingerprint density at radius 2 is 1.62 bits per heavy atom. The minimum absolute atomic E-state index is 0.0373. The fourth-order valence-electron chi connectivity index (χ4n) is 3.63. The van der Waals surface area contributed by atoms with Crippen molar-refractivity contribution in [1.29, 1.82) is 0 Å². The second-order valence-corrected chi connectivity index (χ2v) is 7.70. The molecular weight excluding hydrogens is 432 g/mol. The van der Waals surface area contributed by atoms with Crippen LogP contribution in [0.25, 0.3) is 0 Å². The predicted octanol–water partition coefficient (Wildman–Crippen LogP) is 3.31. The van der Waals surface area contributed by atoms with Crippen molar-refractivity contribution in [2.75, 3.05) is 5.32 Å². The summed E-state index contributed by atoms with van der Waals surface area (Å²) in [6, 6.07) is 16.7. The number of nitrogens with zero attached hydrogens (tertiary/aromatic N) is 1. The molecule has 1 N–H and O–H groups in total. The monoisotopic (exact) mass is 447 g/mol. The Hall–Kier alpha value is -3.97. The molecule has 0 bridgehead atoms. The first kappa shape index (κ1) is 21.3. The summed E-state index contributed by atoms with van der Waals surface area (Å²) >= 11 is 5.91. The lowest BCUT2D eigenvalue weighted by molar-refractivity contribution is -0.254. The van der Waals surface area contributed by atoms with Crippen molar-refractivity contribution in [1.82, 2.24) is 4.90 Å². The topological polar surface area (TPSA) is 107 Å². The van der Waals surface area contributed by atoms with Gasteiger partial charge in [-0.15, -0.1) is 0 Å². The molecule has 1 atom stereocenters. The zero-order valence-corrected chi connectivity index (χ0v) is 17.6. The molecule has 0 unspecified atom stereocenters. The summed E-state index contributed by atoms with van der Waals surface area (Å²) in [4.78, 5) is 51.1. The van der Waals surface area contributed by atoms with E-state index in [1.54, 1.807) is 6.92 Å². The molecule has 1 aliphatic rings. The summed E-state index contributed by atoms with van der Waals surface area (Å²) in [5.41, 5.74) is 0.922. The zero-order chi connectivity index (χ0) is 23.0. The predicted molar refractivity (Wildman–Crippen MR) is 116 cm³/mol. The second-order valence-electron chi connectivity index (χ2n) is 7.26. The minimum Gasteiger partial charge on any atom is -0.545 e. The lowest BCUT2D eigenvalue weighted by atomic mass is 10.0. The van der Waals surface area contributed by atoms with Gasteiger partial charge in [0.2, 0.25) is 0 Å². The van der Waals surface area contributed by atoms with E-state index in [-0.39, 0.29) is 33.0 Å². The Balaban J connectivity index is 1.63. The van der Waals surface area contributed by atoms with Crippen molar-refractivity contribution in [3.05, 3.63) is 99.6 Å². The van der Waals surface area contributed by atoms with Gasteiger partial charge in [0.25, 0.3) is 17.7 Å². The maximum atomic E-state index is 13.0. The Kier molecular flexibility index (Phi) is 5.50. The van der Waals surface area contributed by atoms with E-state index < -0.39 is 29.7 Å². The summed E-state index contributed by atoms with van der Waals surface area (Å²) in [6.45, 7) is 1.76. The quantitative estimate of drug-likeness (QED) is 0.604. The first-order valence-electron chi connectivity index (χ1n) is 9.67. The molecule has 0 fully saturated rings. The van der Waals surface area contributed by atoms with Crippen LogP contribution in [0, 0.1) is 0 Å². The van der Waals surface area contributed by atoms with Crippen LogP contribution < -0.4 is 10.4 Å². The van der Waals surface area contributed by atoms with Crippen molar-refractivity contribution in [2.24, 2.45) is 0 Å². The SMILES string of the molecule is C[C@H](c1ccccc1)N1C(=O)c2ccc(C(=O)Nc3cc(Cl)ccc3C(=O)[O-])cc2C1=O. The minimum atomic E-state index is -1.47. The summed E-state index contributed by atoms with van der Waals surface area (Å²) in [7, 11) is 0. The first-order chi connectivity index (χ1) is 15.3. The number of carboxylic acids is 1. The molecule has 0 saturated carbocycles. The number of amides is 3. The number of carboxylic acid groups (broad SMARTS) is 1. The Morgan fingerprint density at radius 1 is 0.938 bits per heavy atom. The van der Waals surface area contributed by atoms with Gasteiger partial charge in [-0.3, -0.25) is 19.3 Å². The number of nitrogens with one attached hydrogen (secondary N) is 1. The third kappa shape index (κ3) is 3.74. The lowest BCUT2D eigenvalue weighted by Crippen LogP contribution is -2.32. The summed E-state index contributed by atoms with van der Waals surface area (Å²) in [6.07, 6.45) is 0. The molecule has 3 aromatic carbocycles. The van der Waals surface area contributed by atoms with Gasteiger partial charge < -0.3 is 15.2 Å². The van der Waals surface area contributed by atoms with Crippen LogP contribution in [0.15, 0.2) is 66.7 Å². The molecule has 7 nitrogen and oxygen atoms in total. The molecule has 3 aromatic rings. The van der Waals surface area contributed by atoms with Crippen molar-refractivity contribution >= 4 is 41.0 Å². The van der Waals surface area contributed by atoms with Crippen molar-refractivity contribution in [3.8, 4) is 0 Å². The van der Waals surface area contributed by atoms with E-state index in [4.69, 9.17) is 11.6 Å². The molecule has 3 amide bonds. The Bertz CT molecular complexity index is 1270. The smallest absolute Gasteiger partial charge is 0.262 e. The average Bonchev–Trinajstić information content (AvgIpc) is 3.03. The highest BCUT2D eigenvalue weighted by Gasteiger charge is 2.39. The van der Waals surface area contributed by atoms with Crippen LogP contribution in [0.4, 0.5) is 5.69 Å². The Labute approximate surface area is 188 Å². The molecule has 0 radical (unpaired) electrons. The fraction of sp³-hybridized carbons (Fsp3) is 0.0833. The maximum absolute atomic E-state index is 13.0. The molecule has 1 heterocycles. The molecular formula is C24H16ClN2O5-. The lowest BCUT2D eigenvalue weighted by Gasteiger charge is -2.22. The highest BCUT2D eigenvalue weighted by molar-refractivity contribution is 6.31. The van der Waals surface area contributed by atoms with Gasteiger partial charge in [0.1, 0.15) is 0 Å². The molecule has 0 aromatic heterocycles. The van der Waals surface area contributed by atoms with Gasteiger partial charge in [-0.25, -0.2) is 0 Å². The summed E-state index contributed by atoms with van der Waals surface area (Å²) in [5, 5.41) is 14.0. The van der Waals surface area contributed by atoms with Crippen LogP contribution in [-0.2, 0) is 0 Å². The number of aromatic carboxylic acids is 1. The van der Waals surface area contributed by atoms with Crippen LogP contribution in [0.1, 0.15) is 60.0 Å². The standard InChI is InChI=1S/C24H17ClN2O5/c1-13(14-5-3-2-4-6-14)27-22(29)17-9-7-15(11-19(17)23(27)30)21(28)26-20-12-16(25)8-10-18(20)24(31)32/h2-13H,1H3,(H,26,28)(H,31,32)/p-1/t13-/m1/s1. The van der Waals surface area contributed by atoms with E-state index in [2.05, 4.69) is 5.32 Å². The molecule has 32 heavy (non-hydrogen) atoms. The van der Waals surface area contributed by atoms with E-state index in [9.17, 15) is 24.3 Å². The van der Waals surface area contributed by atoms with Crippen LogP contribution in [0.5, 0.6) is 0 Å². The number of benzene rings is 3. The number of halogens is 1. The molecule has 8 heteroatoms. The normalized spacial score (nSPS) is 13.6. The average molecular weight is 448 g/mol. The van der Waals surface area contributed by atoms with Gasteiger partial charge in [0.15, 0.2) is 0 Å². The van der Waals surface area contributed by atoms with Crippen molar-refractivity contribution < 1.29 is 24.3 Å². The first-order valence-corrected chi connectivity index (χ1v) is 10.0. The number of rotatable bonds is 5. The highest BCUT2D eigenvalue weighted by atomic mass is 35.5. The number of carbonyl (C=O) groups excluding carboxylic acids is 4. The summed E-state index contributed by atoms with van der Waals surface area (Å²) in [5.74, 6) is -3.08. The third-order valence-electron chi connectivity index (χ3n) is 5.30. The van der Waals surface area contributed by atoms with Crippen LogP contribution >= 0.6 is 11.6 Å². The molecule has 0 saturated heterocycles. The molecule has 0 aliphatic carbocycles. The number of fused-ring (bicyclic) bond motifs is 1. The molecule has 160 valence electrons. The van der Waals surface area contributed by atoms with E-state index in [0.29, 0.717) is 0 Å². The third-order valence-corrected chi connectivity index (χ3v) is 5.53. The van der Waals surface area contributed by atoms with Crippen LogP contribution in [0.2, 0.25) is 5.02 Å². The molecule has 0 spiro atoms.